The fourth-order valence-corrected chi connectivity index (χ4v) is 1.87. The summed E-state index contributed by atoms with van der Waals surface area (Å²) in [5, 5.41) is 14.6. The molecule has 2 atom stereocenters. The quantitative estimate of drug-likeness (QED) is 0.563. The van der Waals surface area contributed by atoms with Crippen molar-refractivity contribution in [2.24, 2.45) is 11.8 Å². The van der Waals surface area contributed by atoms with Crippen molar-refractivity contribution in [2.45, 2.75) is 26.4 Å². The number of amides is 1. The highest BCUT2D eigenvalue weighted by Crippen LogP contribution is 2.15. The molecule has 0 aromatic heterocycles. The molecule has 1 heterocycles. The molecule has 1 amide bonds. The maximum atomic E-state index is 11.8. The summed E-state index contributed by atoms with van der Waals surface area (Å²) in [6.07, 6.45) is -0.545. The normalized spacial score (nSPS) is 18.8. The summed E-state index contributed by atoms with van der Waals surface area (Å²) in [7, 11) is 0. The zero-order chi connectivity index (χ0) is 13.5. The van der Waals surface area contributed by atoms with Crippen LogP contribution in [0, 0.1) is 11.8 Å². The Morgan fingerprint density at radius 2 is 2.17 bits per heavy atom. The van der Waals surface area contributed by atoms with Crippen molar-refractivity contribution in [3.8, 4) is 0 Å². The van der Waals surface area contributed by atoms with E-state index in [0.29, 0.717) is 12.5 Å². The van der Waals surface area contributed by atoms with E-state index in [2.05, 4.69) is 10.6 Å². The number of hydrogen-bond acceptors (Lipinski definition) is 4. The first-order chi connectivity index (χ1) is 8.54. The molecule has 3 N–H and O–H groups in total. The van der Waals surface area contributed by atoms with Crippen molar-refractivity contribution < 1.29 is 19.4 Å². The second-order valence-corrected chi connectivity index (χ2v) is 4.63. The van der Waals surface area contributed by atoms with Crippen LogP contribution < -0.4 is 10.6 Å². The lowest BCUT2D eigenvalue weighted by molar-refractivity contribution is -0.140. The predicted molar refractivity (Wildman–Crippen MR) is 66.2 cm³/mol. The first-order valence-corrected chi connectivity index (χ1v) is 6.36. The molecule has 0 bridgehead atoms. The molecule has 0 radical (unpaired) electrons. The average molecular weight is 258 g/mol. The van der Waals surface area contributed by atoms with Gasteiger partial charge in [0.1, 0.15) is 0 Å². The van der Waals surface area contributed by atoms with E-state index in [-0.39, 0.29) is 24.8 Å². The number of carboxylic acids is 1. The number of hydrogen-bond donors (Lipinski definition) is 3. The van der Waals surface area contributed by atoms with Gasteiger partial charge >= 0.3 is 5.97 Å². The molecule has 0 aliphatic carbocycles. The van der Waals surface area contributed by atoms with Gasteiger partial charge in [0.15, 0.2) is 0 Å². The third-order valence-electron chi connectivity index (χ3n) is 3.24. The summed E-state index contributed by atoms with van der Waals surface area (Å²) in [5.41, 5.74) is 0. The predicted octanol–water partition coefficient (Wildman–Crippen LogP) is -0.162. The lowest BCUT2D eigenvalue weighted by atomic mass is 9.88. The lowest BCUT2D eigenvalue weighted by Gasteiger charge is -2.32. The smallest absolute Gasteiger partial charge is 0.306 e. The van der Waals surface area contributed by atoms with Crippen molar-refractivity contribution in [3.63, 3.8) is 0 Å². The van der Waals surface area contributed by atoms with Crippen LogP contribution in [-0.2, 0) is 14.3 Å². The van der Waals surface area contributed by atoms with Gasteiger partial charge in [-0.15, -0.1) is 0 Å². The molecular formula is C12H22N2O4. The van der Waals surface area contributed by atoms with E-state index in [4.69, 9.17) is 9.84 Å². The van der Waals surface area contributed by atoms with Crippen LogP contribution in [0.1, 0.15) is 20.3 Å². The molecule has 0 aromatic rings. The average Bonchev–Trinajstić information content (AvgIpc) is 2.22. The zero-order valence-electron chi connectivity index (χ0n) is 10.9. The molecule has 0 aromatic carbocycles. The van der Waals surface area contributed by atoms with Crippen LogP contribution in [0.2, 0.25) is 0 Å². The van der Waals surface area contributed by atoms with Gasteiger partial charge in [0, 0.05) is 19.1 Å². The van der Waals surface area contributed by atoms with Crippen LogP contribution in [0.15, 0.2) is 0 Å². The van der Waals surface area contributed by atoms with Gasteiger partial charge in [0.25, 0.3) is 0 Å². The SMILES string of the molecule is CCOC(CNC(=O)C(C)C1CNC1)CC(=O)O. The summed E-state index contributed by atoms with van der Waals surface area (Å²) in [6.45, 7) is 6.14. The molecule has 1 saturated heterocycles. The number of carboxylic acid groups (broad SMARTS) is 1. The van der Waals surface area contributed by atoms with E-state index < -0.39 is 12.1 Å². The summed E-state index contributed by atoms with van der Waals surface area (Å²) >= 11 is 0. The standard InChI is InChI=1S/C12H22N2O4/c1-3-18-10(4-11(15)16)7-14-12(17)8(2)9-5-13-6-9/h8-10,13H,3-7H2,1-2H3,(H,14,17)(H,15,16). The molecule has 104 valence electrons. The van der Waals surface area contributed by atoms with Crippen LogP contribution >= 0.6 is 0 Å². The van der Waals surface area contributed by atoms with E-state index in [0.717, 1.165) is 13.1 Å². The Bertz CT molecular complexity index is 292. The minimum absolute atomic E-state index is 0.0309. The van der Waals surface area contributed by atoms with E-state index in [1.807, 2.05) is 6.92 Å². The third kappa shape index (κ3) is 4.62. The van der Waals surface area contributed by atoms with Crippen LogP contribution in [0.5, 0.6) is 0 Å². The Kier molecular flexibility index (Phi) is 6.07. The number of ether oxygens (including phenoxy) is 1. The molecule has 0 saturated carbocycles. The zero-order valence-corrected chi connectivity index (χ0v) is 10.9. The molecule has 1 fully saturated rings. The lowest BCUT2D eigenvalue weighted by Crippen LogP contribution is -2.50. The molecular weight excluding hydrogens is 236 g/mol. The van der Waals surface area contributed by atoms with Crippen molar-refractivity contribution in [2.75, 3.05) is 26.2 Å². The summed E-state index contributed by atoms with van der Waals surface area (Å²) in [5.74, 6) is -0.607. The minimum atomic E-state index is -0.918. The molecule has 6 nitrogen and oxygen atoms in total. The molecule has 6 heteroatoms. The number of carbonyl (C=O) groups is 2. The Morgan fingerprint density at radius 3 is 2.61 bits per heavy atom. The second-order valence-electron chi connectivity index (χ2n) is 4.63. The number of nitrogens with one attached hydrogen (secondary N) is 2. The van der Waals surface area contributed by atoms with Crippen molar-refractivity contribution in [1.82, 2.24) is 10.6 Å². The van der Waals surface area contributed by atoms with Gasteiger partial charge < -0.3 is 20.5 Å². The van der Waals surface area contributed by atoms with E-state index in [1.165, 1.54) is 0 Å². The summed E-state index contributed by atoms with van der Waals surface area (Å²) in [4.78, 5) is 22.5. The Hall–Kier alpha value is -1.14. The maximum Gasteiger partial charge on any atom is 0.306 e. The fraction of sp³-hybridized carbons (Fsp3) is 0.833. The molecule has 0 spiro atoms. The Balaban J connectivity index is 2.30. The maximum absolute atomic E-state index is 11.8. The van der Waals surface area contributed by atoms with E-state index in [1.54, 1.807) is 6.92 Å². The van der Waals surface area contributed by atoms with Crippen LogP contribution in [0.3, 0.4) is 0 Å². The van der Waals surface area contributed by atoms with Gasteiger partial charge in [0.2, 0.25) is 5.91 Å². The third-order valence-corrected chi connectivity index (χ3v) is 3.24. The van der Waals surface area contributed by atoms with Gasteiger partial charge in [-0.2, -0.15) is 0 Å². The number of rotatable bonds is 8. The largest absolute Gasteiger partial charge is 0.481 e. The van der Waals surface area contributed by atoms with E-state index >= 15 is 0 Å². The minimum Gasteiger partial charge on any atom is -0.481 e. The van der Waals surface area contributed by atoms with Crippen LogP contribution in [0.4, 0.5) is 0 Å². The Morgan fingerprint density at radius 1 is 1.50 bits per heavy atom. The van der Waals surface area contributed by atoms with Gasteiger partial charge in [-0.25, -0.2) is 0 Å². The van der Waals surface area contributed by atoms with E-state index in [9.17, 15) is 9.59 Å². The molecule has 1 aliphatic rings. The monoisotopic (exact) mass is 258 g/mol. The van der Waals surface area contributed by atoms with Gasteiger partial charge in [-0.1, -0.05) is 6.92 Å². The van der Waals surface area contributed by atoms with Gasteiger partial charge in [-0.3, -0.25) is 9.59 Å². The van der Waals surface area contributed by atoms with Crippen LogP contribution in [-0.4, -0.2) is 49.3 Å². The van der Waals surface area contributed by atoms with Crippen molar-refractivity contribution in [3.05, 3.63) is 0 Å². The fourth-order valence-electron chi connectivity index (χ4n) is 1.87. The molecule has 18 heavy (non-hydrogen) atoms. The number of aliphatic carboxylic acids is 1. The van der Waals surface area contributed by atoms with Crippen molar-refractivity contribution in [1.29, 1.82) is 0 Å². The number of carbonyl (C=O) groups excluding carboxylic acids is 1. The van der Waals surface area contributed by atoms with Gasteiger partial charge in [-0.05, 0) is 25.9 Å². The first-order valence-electron chi connectivity index (χ1n) is 6.36. The molecule has 1 aliphatic heterocycles. The highest BCUT2D eigenvalue weighted by molar-refractivity contribution is 5.78. The summed E-state index contributed by atoms with van der Waals surface area (Å²) in [6, 6.07) is 0. The molecule has 2 unspecified atom stereocenters. The second kappa shape index (κ2) is 7.33. The summed E-state index contributed by atoms with van der Waals surface area (Å²) < 4.78 is 5.28. The highest BCUT2D eigenvalue weighted by Gasteiger charge is 2.28. The first kappa shape index (κ1) is 14.9. The molecule has 1 rings (SSSR count). The Labute approximate surface area is 107 Å². The van der Waals surface area contributed by atoms with Crippen molar-refractivity contribution >= 4 is 11.9 Å². The van der Waals surface area contributed by atoms with Gasteiger partial charge in [0.05, 0.1) is 12.5 Å². The highest BCUT2D eigenvalue weighted by atomic mass is 16.5. The van der Waals surface area contributed by atoms with Crippen LogP contribution in [0.25, 0.3) is 0 Å². The topological polar surface area (TPSA) is 87.7 Å².